The first-order chi connectivity index (χ1) is 12.1. The summed E-state index contributed by atoms with van der Waals surface area (Å²) in [6.45, 7) is 12.3. The highest BCUT2D eigenvalue weighted by Crippen LogP contribution is 2.11. The lowest BCUT2D eigenvalue weighted by Crippen LogP contribution is -2.40. The molecule has 0 spiro atoms. The van der Waals surface area contributed by atoms with Gasteiger partial charge in [-0.25, -0.2) is 0 Å². The maximum absolute atomic E-state index is 12.6. The van der Waals surface area contributed by atoms with Gasteiger partial charge >= 0.3 is 0 Å². The zero-order valence-electron chi connectivity index (χ0n) is 15.9. The van der Waals surface area contributed by atoms with Crippen LogP contribution in [0.1, 0.15) is 32.8 Å². The fourth-order valence-corrected chi connectivity index (χ4v) is 3.12. The standard InChI is InChI=1S/C21H32N2O2/c1-18(2)21(24)23(11-7-10-22-12-14-25-15-13-22)17-19(3)16-20-8-5-4-6-9-20/h4-6,8-9,16,18H,7,10-15,17H2,1-3H3/b19-16+. The molecule has 0 atom stereocenters. The minimum absolute atomic E-state index is 0.0351. The monoisotopic (exact) mass is 344 g/mol. The lowest BCUT2D eigenvalue weighted by atomic mass is 10.1. The molecule has 1 fully saturated rings. The summed E-state index contributed by atoms with van der Waals surface area (Å²) in [5.74, 6) is 0.274. The van der Waals surface area contributed by atoms with Crippen molar-refractivity contribution in [2.75, 3.05) is 45.9 Å². The van der Waals surface area contributed by atoms with E-state index in [-0.39, 0.29) is 11.8 Å². The van der Waals surface area contributed by atoms with Gasteiger partial charge in [0.1, 0.15) is 0 Å². The van der Waals surface area contributed by atoms with Crippen molar-refractivity contribution in [3.05, 3.63) is 41.5 Å². The number of rotatable bonds is 8. The van der Waals surface area contributed by atoms with E-state index in [0.29, 0.717) is 6.54 Å². The Kier molecular flexibility index (Phi) is 8.16. The second-order valence-electron chi connectivity index (χ2n) is 7.12. The van der Waals surface area contributed by atoms with Crippen LogP contribution < -0.4 is 0 Å². The molecule has 1 amide bonds. The Morgan fingerprint density at radius 1 is 1.24 bits per heavy atom. The molecule has 0 saturated carbocycles. The van der Waals surface area contributed by atoms with Crippen LogP contribution in [0, 0.1) is 5.92 Å². The van der Waals surface area contributed by atoms with E-state index >= 15 is 0 Å². The molecule has 1 aliphatic heterocycles. The highest BCUT2D eigenvalue weighted by Gasteiger charge is 2.18. The Balaban J connectivity index is 1.90. The average Bonchev–Trinajstić information content (AvgIpc) is 2.62. The van der Waals surface area contributed by atoms with Crippen LogP contribution in [0.4, 0.5) is 0 Å². The van der Waals surface area contributed by atoms with Crippen molar-refractivity contribution in [2.45, 2.75) is 27.2 Å². The third-order valence-electron chi connectivity index (χ3n) is 4.46. The Morgan fingerprint density at radius 3 is 2.56 bits per heavy atom. The molecule has 2 rings (SSSR count). The van der Waals surface area contributed by atoms with Gasteiger partial charge in [0.25, 0.3) is 0 Å². The van der Waals surface area contributed by atoms with Gasteiger partial charge in [-0.3, -0.25) is 9.69 Å². The van der Waals surface area contributed by atoms with Gasteiger partial charge in [0.2, 0.25) is 5.91 Å². The summed E-state index contributed by atoms with van der Waals surface area (Å²) in [5, 5.41) is 0. The molecule has 0 aromatic heterocycles. The maximum atomic E-state index is 12.6. The van der Waals surface area contributed by atoms with Gasteiger partial charge in [0.15, 0.2) is 0 Å². The smallest absolute Gasteiger partial charge is 0.225 e. The molecule has 0 unspecified atom stereocenters. The first kappa shape index (κ1) is 19.7. The molecule has 25 heavy (non-hydrogen) atoms. The summed E-state index contributed by atoms with van der Waals surface area (Å²) >= 11 is 0. The summed E-state index contributed by atoms with van der Waals surface area (Å²) in [6, 6.07) is 10.3. The van der Waals surface area contributed by atoms with Gasteiger partial charge in [-0.05, 0) is 18.9 Å². The van der Waals surface area contributed by atoms with Crippen LogP contribution in [0.25, 0.3) is 6.08 Å². The number of benzene rings is 1. The molecule has 0 aliphatic carbocycles. The molecular formula is C21H32N2O2. The zero-order valence-corrected chi connectivity index (χ0v) is 15.9. The van der Waals surface area contributed by atoms with Gasteiger partial charge in [-0.15, -0.1) is 0 Å². The Bertz CT molecular complexity index is 548. The van der Waals surface area contributed by atoms with E-state index in [1.54, 1.807) is 0 Å². The molecule has 0 N–H and O–H groups in total. The van der Waals surface area contributed by atoms with Gasteiger partial charge < -0.3 is 9.64 Å². The zero-order chi connectivity index (χ0) is 18.1. The number of carbonyl (C=O) groups is 1. The molecule has 1 aliphatic rings. The number of morpholine rings is 1. The van der Waals surface area contributed by atoms with Gasteiger partial charge in [-0.1, -0.05) is 55.8 Å². The molecule has 4 nitrogen and oxygen atoms in total. The van der Waals surface area contributed by atoms with Crippen molar-refractivity contribution < 1.29 is 9.53 Å². The van der Waals surface area contributed by atoms with Crippen LogP contribution in [0.2, 0.25) is 0 Å². The molecule has 1 heterocycles. The van der Waals surface area contributed by atoms with Crippen molar-refractivity contribution in [1.29, 1.82) is 0 Å². The fourth-order valence-electron chi connectivity index (χ4n) is 3.12. The van der Waals surface area contributed by atoms with E-state index in [9.17, 15) is 4.79 Å². The maximum Gasteiger partial charge on any atom is 0.225 e. The lowest BCUT2D eigenvalue weighted by Gasteiger charge is -2.29. The van der Waals surface area contributed by atoms with Crippen LogP contribution in [0.5, 0.6) is 0 Å². The van der Waals surface area contributed by atoms with E-state index < -0.39 is 0 Å². The molecule has 0 bridgehead atoms. The lowest BCUT2D eigenvalue weighted by molar-refractivity contribution is -0.134. The first-order valence-corrected chi connectivity index (χ1v) is 9.37. The fraction of sp³-hybridized carbons (Fsp3) is 0.571. The minimum atomic E-state index is 0.0351. The second-order valence-corrected chi connectivity index (χ2v) is 7.12. The van der Waals surface area contributed by atoms with Crippen molar-refractivity contribution in [3.8, 4) is 0 Å². The van der Waals surface area contributed by atoms with Gasteiger partial charge in [-0.2, -0.15) is 0 Å². The van der Waals surface area contributed by atoms with Crippen LogP contribution in [0.3, 0.4) is 0 Å². The molecule has 1 saturated heterocycles. The Hall–Kier alpha value is -1.65. The van der Waals surface area contributed by atoms with E-state index in [0.717, 1.165) is 45.8 Å². The first-order valence-electron chi connectivity index (χ1n) is 9.37. The second kappa shape index (κ2) is 10.4. The van der Waals surface area contributed by atoms with Crippen molar-refractivity contribution >= 4 is 12.0 Å². The minimum Gasteiger partial charge on any atom is -0.379 e. The summed E-state index contributed by atoms with van der Waals surface area (Å²) in [4.78, 5) is 17.0. The SMILES string of the molecule is C/C(=C\c1ccccc1)CN(CCCN1CCOCC1)C(=O)C(C)C. The van der Waals surface area contributed by atoms with E-state index in [1.807, 2.05) is 36.9 Å². The number of ether oxygens (including phenoxy) is 1. The van der Waals surface area contributed by atoms with Gasteiger partial charge in [0, 0.05) is 38.6 Å². The predicted molar refractivity (Wildman–Crippen MR) is 103 cm³/mol. The molecule has 0 radical (unpaired) electrons. The highest BCUT2D eigenvalue weighted by molar-refractivity contribution is 5.78. The molecule has 1 aromatic carbocycles. The largest absolute Gasteiger partial charge is 0.379 e. The van der Waals surface area contributed by atoms with E-state index in [2.05, 4.69) is 30.0 Å². The average molecular weight is 344 g/mol. The number of carbonyl (C=O) groups excluding carboxylic acids is 1. The molecule has 138 valence electrons. The van der Waals surface area contributed by atoms with E-state index in [1.165, 1.54) is 11.1 Å². The Labute approximate surface area is 152 Å². The van der Waals surface area contributed by atoms with Crippen LogP contribution >= 0.6 is 0 Å². The van der Waals surface area contributed by atoms with Crippen LogP contribution in [0.15, 0.2) is 35.9 Å². The van der Waals surface area contributed by atoms with Crippen molar-refractivity contribution in [3.63, 3.8) is 0 Å². The summed E-state index contributed by atoms with van der Waals surface area (Å²) < 4.78 is 5.39. The topological polar surface area (TPSA) is 32.8 Å². The van der Waals surface area contributed by atoms with E-state index in [4.69, 9.17) is 4.74 Å². The molecule has 1 aromatic rings. The number of hydrogen-bond donors (Lipinski definition) is 0. The van der Waals surface area contributed by atoms with Crippen LogP contribution in [-0.2, 0) is 9.53 Å². The molecular weight excluding hydrogens is 312 g/mol. The predicted octanol–water partition coefficient (Wildman–Crippen LogP) is 3.30. The summed E-state index contributed by atoms with van der Waals surface area (Å²) in [7, 11) is 0. The van der Waals surface area contributed by atoms with Crippen LogP contribution in [-0.4, -0.2) is 61.6 Å². The van der Waals surface area contributed by atoms with Crippen molar-refractivity contribution in [2.24, 2.45) is 5.92 Å². The molecule has 4 heteroatoms. The Morgan fingerprint density at radius 2 is 1.92 bits per heavy atom. The number of hydrogen-bond acceptors (Lipinski definition) is 3. The van der Waals surface area contributed by atoms with Crippen molar-refractivity contribution in [1.82, 2.24) is 9.80 Å². The number of amides is 1. The summed E-state index contributed by atoms with van der Waals surface area (Å²) in [5.41, 5.74) is 2.40. The van der Waals surface area contributed by atoms with Gasteiger partial charge in [0.05, 0.1) is 13.2 Å². The highest BCUT2D eigenvalue weighted by atomic mass is 16.5. The third-order valence-corrected chi connectivity index (χ3v) is 4.46. The third kappa shape index (κ3) is 7.00. The normalized spacial score (nSPS) is 16.2. The number of nitrogens with zero attached hydrogens (tertiary/aromatic N) is 2. The quantitative estimate of drug-likeness (QED) is 0.725. The summed E-state index contributed by atoms with van der Waals surface area (Å²) in [6.07, 6.45) is 3.18.